The van der Waals surface area contributed by atoms with Gasteiger partial charge in [0.2, 0.25) is 0 Å². The molecule has 0 aromatic heterocycles. The quantitative estimate of drug-likeness (QED) is 0.757. The summed E-state index contributed by atoms with van der Waals surface area (Å²) < 4.78 is 0. The summed E-state index contributed by atoms with van der Waals surface area (Å²) in [7, 11) is 0. The summed E-state index contributed by atoms with van der Waals surface area (Å²) in [6.07, 6.45) is 0.826. The van der Waals surface area contributed by atoms with Gasteiger partial charge in [0.15, 0.2) is 11.6 Å². The van der Waals surface area contributed by atoms with E-state index in [1.54, 1.807) is 0 Å². The molecule has 0 amide bonds. The lowest BCUT2D eigenvalue weighted by Crippen LogP contribution is -2.53. The molecule has 0 aliphatic carbocycles. The van der Waals surface area contributed by atoms with Gasteiger partial charge in [-0.15, -0.1) is 0 Å². The highest BCUT2D eigenvalue weighted by Crippen LogP contribution is 2.23. The van der Waals surface area contributed by atoms with Crippen LogP contribution >= 0.6 is 0 Å². The van der Waals surface area contributed by atoms with Crippen LogP contribution in [0.4, 0.5) is 0 Å². The number of Topliss-reactive ketones (excluding diaryl/α,β-unsaturated/α-hetero) is 2. The Bertz CT molecular complexity index is 643. The molecule has 5 nitrogen and oxygen atoms in total. The molecule has 2 heterocycles. The van der Waals surface area contributed by atoms with Gasteiger partial charge in [-0.2, -0.15) is 0 Å². The smallest absolute Gasteiger partial charge is 0.155 e. The molecule has 2 unspecified atom stereocenters. The van der Waals surface area contributed by atoms with Gasteiger partial charge in [0.25, 0.3) is 0 Å². The second-order valence-corrected chi connectivity index (χ2v) is 8.79. The van der Waals surface area contributed by atoms with Crippen LogP contribution in [0.1, 0.15) is 45.7 Å². The molecular weight excluding hydrogens is 338 g/mol. The van der Waals surface area contributed by atoms with E-state index < -0.39 is 0 Å². The van der Waals surface area contributed by atoms with E-state index in [1.165, 1.54) is 11.1 Å². The lowest BCUT2D eigenvalue weighted by atomic mass is 9.82. The fraction of sp³-hybridized carbons (Fsp3) is 0.636. The second kappa shape index (κ2) is 9.58. The molecule has 150 valence electrons. The molecule has 1 fully saturated rings. The third-order valence-electron chi connectivity index (χ3n) is 5.09. The number of hydrogen-bond acceptors (Lipinski definition) is 5. The Balaban J connectivity index is 0.000000208. The van der Waals surface area contributed by atoms with Crippen LogP contribution in [-0.4, -0.2) is 43.3 Å². The molecule has 5 heteroatoms. The Morgan fingerprint density at radius 1 is 1.00 bits per heavy atom. The van der Waals surface area contributed by atoms with Gasteiger partial charge in [-0.1, -0.05) is 58.9 Å². The van der Waals surface area contributed by atoms with E-state index >= 15 is 0 Å². The number of nitrogens with one attached hydrogen (secondary N) is 3. The Morgan fingerprint density at radius 3 is 2.22 bits per heavy atom. The maximum atomic E-state index is 12.2. The Hall–Kier alpha value is -1.56. The SMILES string of the molecule is CC(C)(C)C(=O)C1Cc2ccccc2CN1.CC(C)C(=O)C1CNCCN1. The summed E-state index contributed by atoms with van der Waals surface area (Å²) >= 11 is 0. The zero-order chi connectivity index (χ0) is 20.0. The zero-order valence-corrected chi connectivity index (χ0v) is 17.4. The van der Waals surface area contributed by atoms with Crippen LogP contribution in [0.25, 0.3) is 0 Å². The molecule has 0 spiro atoms. The summed E-state index contributed by atoms with van der Waals surface area (Å²) in [5.41, 5.74) is 2.37. The minimum atomic E-state index is -0.260. The van der Waals surface area contributed by atoms with E-state index in [-0.39, 0.29) is 23.4 Å². The van der Waals surface area contributed by atoms with Gasteiger partial charge in [0, 0.05) is 37.5 Å². The Morgan fingerprint density at radius 2 is 1.67 bits per heavy atom. The lowest BCUT2D eigenvalue weighted by Gasteiger charge is -2.29. The summed E-state index contributed by atoms with van der Waals surface area (Å²) in [4.78, 5) is 23.6. The van der Waals surface area contributed by atoms with Crippen molar-refractivity contribution in [3.8, 4) is 0 Å². The first kappa shape index (κ1) is 21.7. The molecule has 3 N–H and O–H groups in total. The van der Waals surface area contributed by atoms with E-state index in [1.807, 2.05) is 46.8 Å². The molecule has 2 atom stereocenters. The molecule has 2 aliphatic heterocycles. The predicted molar refractivity (Wildman–Crippen MR) is 110 cm³/mol. The van der Waals surface area contributed by atoms with Crippen molar-refractivity contribution in [3.05, 3.63) is 35.4 Å². The number of ketones is 2. The number of benzene rings is 1. The summed E-state index contributed by atoms with van der Waals surface area (Å²) in [5, 5.41) is 9.71. The second-order valence-electron chi connectivity index (χ2n) is 8.79. The number of carbonyl (C=O) groups is 2. The number of carbonyl (C=O) groups excluding carboxylic acids is 2. The van der Waals surface area contributed by atoms with Crippen LogP contribution in [0.3, 0.4) is 0 Å². The van der Waals surface area contributed by atoms with Crippen molar-refractivity contribution in [1.29, 1.82) is 0 Å². The molecular formula is C22H35N3O2. The van der Waals surface area contributed by atoms with E-state index in [9.17, 15) is 9.59 Å². The first-order valence-electron chi connectivity index (χ1n) is 10.0. The normalized spacial score (nSPS) is 22.4. The monoisotopic (exact) mass is 373 g/mol. The van der Waals surface area contributed by atoms with Crippen LogP contribution in [0.5, 0.6) is 0 Å². The first-order chi connectivity index (χ1) is 12.7. The van der Waals surface area contributed by atoms with Crippen molar-refractivity contribution in [1.82, 2.24) is 16.0 Å². The zero-order valence-electron chi connectivity index (χ0n) is 17.4. The highest BCUT2D eigenvalue weighted by molar-refractivity contribution is 5.89. The minimum Gasteiger partial charge on any atom is -0.313 e. The number of hydrogen-bond donors (Lipinski definition) is 3. The molecule has 1 aromatic carbocycles. The Kier molecular flexibility index (Phi) is 7.71. The number of piperazine rings is 1. The number of fused-ring (bicyclic) bond motifs is 1. The van der Waals surface area contributed by atoms with Crippen molar-refractivity contribution < 1.29 is 9.59 Å². The molecule has 1 saturated heterocycles. The molecule has 0 bridgehead atoms. The van der Waals surface area contributed by atoms with Crippen molar-refractivity contribution in [2.45, 2.75) is 59.7 Å². The van der Waals surface area contributed by atoms with Gasteiger partial charge in [-0.25, -0.2) is 0 Å². The predicted octanol–water partition coefficient (Wildman–Crippen LogP) is 2.09. The highest BCUT2D eigenvalue weighted by atomic mass is 16.1. The fourth-order valence-corrected chi connectivity index (χ4v) is 3.42. The van der Waals surface area contributed by atoms with E-state index in [0.717, 1.165) is 32.6 Å². The topological polar surface area (TPSA) is 70.2 Å². The average molecular weight is 374 g/mol. The minimum absolute atomic E-state index is 0.0186. The van der Waals surface area contributed by atoms with Gasteiger partial charge < -0.3 is 16.0 Å². The molecule has 0 saturated carbocycles. The van der Waals surface area contributed by atoms with Crippen LogP contribution in [0, 0.1) is 11.3 Å². The van der Waals surface area contributed by atoms with Crippen LogP contribution in [0.2, 0.25) is 0 Å². The van der Waals surface area contributed by atoms with E-state index in [2.05, 4.69) is 28.1 Å². The first-order valence-corrected chi connectivity index (χ1v) is 10.0. The molecule has 27 heavy (non-hydrogen) atoms. The molecule has 0 radical (unpaired) electrons. The molecule has 3 rings (SSSR count). The van der Waals surface area contributed by atoms with E-state index in [4.69, 9.17) is 0 Å². The largest absolute Gasteiger partial charge is 0.313 e. The van der Waals surface area contributed by atoms with Crippen molar-refractivity contribution in [2.24, 2.45) is 11.3 Å². The third-order valence-corrected chi connectivity index (χ3v) is 5.09. The lowest BCUT2D eigenvalue weighted by molar-refractivity contribution is -0.128. The number of rotatable bonds is 3. The maximum absolute atomic E-state index is 12.2. The summed E-state index contributed by atoms with van der Waals surface area (Å²) in [6.45, 7) is 13.3. The molecule has 1 aromatic rings. The van der Waals surface area contributed by atoms with Gasteiger partial charge in [0.05, 0.1) is 12.1 Å². The van der Waals surface area contributed by atoms with Crippen molar-refractivity contribution >= 4 is 11.6 Å². The van der Waals surface area contributed by atoms with Gasteiger partial charge in [-0.3, -0.25) is 9.59 Å². The standard InChI is InChI=1S/C14H19NO.C8H16N2O/c1-14(2,3)13(16)12-8-10-6-4-5-7-11(10)9-15-12;1-6(2)8(11)7-5-9-3-4-10-7/h4-7,12,15H,8-9H2,1-3H3;6-7,9-10H,3-5H2,1-2H3. The summed E-state index contributed by atoms with van der Waals surface area (Å²) in [5.74, 6) is 0.770. The van der Waals surface area contributed by atoms with Crippen LogP contribution < -0.4 is 16.0 Å². The fourth-order valence-electron chi connectivity index (χ4n) is 3.42. The van der Waals surface area contributed by atoms with Gasteiger partial charge >= 0.3 is 0 Å². The Labute approximate surface area is 163 Å². The van der Waals surface area contributed by atoms with Crippen LogP contribution in [-0.2, 0) is 22.6 Å². The highest BCUT2D eigenvalue weighted by Gasteiger charge is 2.31. The van der Waals surface area contributed by atoms with Crippen molar-refractivity contribution in [3.63, 3.8) is 0 Å². The average Bonchev–Trinajstić information content (AvgIpc) is 2.66. The molecule has 2 aliphatic rings. The van der Waals surface area contributed by atoms with Gasteiger partial charge in [0.1, 0.15) is 0 Å². The van der Waals surface area contributed by atoms with E-state index in [0.29, 0.717) is 11.6 Å². The van der Waals surface area contributed by atoms with Crippen molar-refractivity contribution in [2.75, 3.05) is 19.6 Å². The maximum Gasteiger partial charge on any atom is 0.155 e. The van der Waals surface area contributed by atoms with Gasteiger partial charge in [-0.05, 0) is 17.5 Å². The third kappa shape index (κ3) is 6.23. The summed E-state index contributed by atoms with van der Waals surface area (Å²) in [6, 6.07) is 8.37. The van der Waals surface area contributed by atoms with Crippen LogP contribution in [0.15, 0.2) is 24.3 Å².